The van der Waals surface area contributed by atoms with Crippen molar-refractivity contribution in [3.05, 3.63) is 19.8 Å². The number of ketones is 1. The summed E-state index contributed by atoms with van der Waals surface area (Å²) in [5.41, 5.74) is 0. The van der Waals surface area contributed by atoms with Gasteiger partial charge in [-0.2, -0.15) is 0 Å². The maximum Gasteiger partial charge on any atom is 0.171 e. The molecule has 0 saturated carbocycles. The molecule has 60 valence electrons. The highest BCUT2D eigenvalue weighted by Gasteiger charge is 2.14. The minimum Gasteiger partial charge on any atom is -0.294 e. The second kappa shape index (κ2) is 3.13. The van der Waals surface area contributed by atoms with Gasteiger partial charge in [0.25, 0.3) is 0 Å². The van der Waals surface area contributed by atoms with Gasteiger partial charge in [-0.3, -0.25) is 4.79 Å². The fourth-order valence-electron chi connectivity index (χ4n) is 0.723. The Hall–Kier alpha value is -0.0500. The fourth-order valence-corrected chi connectivity index (χ4v) is 2.27. The van der Waals surface area contributed by atoms with Crippen LogP contribution in [0.5, 0.6) is 0 Å². The lowest BCUT2D eigenvalue weighted by atomic mass is 10.3. The Morgan fingerprint density at radius 1 is 1.36 bits per heavy atom. The molecule has 0 spiro atoms. The van der Waals surface area contributed by atoms with Crippen LogP contribution in [0, 0.1) is 6.92 Å². The maximum atomic E-state index is 10.9. The molecule has 0 atom stereocenters. The zero-order valence-corrected chi connectivity index (χ0v) is 8.40. The van der Waals surface area contributed by atoms with E-state index in [1.807, 2.05) is 6.92 Å². The van der Waals surface area contributed by atoms with Crippen molar-refractivity contribution in [1.82, 2.24) is 0 Å². The molecule has 0 N–H and O–H groups in total. The van der Waals surface area contributed by atoms with E-state index >= 15 is 0 Å². The second-order valence-electron chi connectivity index (χ2n) is 2.17. The average molecular weight is 209 g/mol. The number of thiophene rings is 1. The summed E-state index contributed by atoms with van der Waals surface area (Å²) in [6, 6.07) is 0. The zero-order valence-electron chi connectivity index (χ0n) is 6.07. The van der Waals surface area contributed by atoms with E-state index in [2.05, 4.69) is 0 Å². The molecule has 0 amide bonds. The molecule has 1 nitrogen and oxygen atoms in total. The highest BCUT2D eigenvalue weighted by Crippen LogP contribution is 2.36. The summed E-state index contributed by atoms with van der Waals surface area (Å²) in [6.45, 7) is 3.32. The number of rotatable bonds is 1. The molecular formula is C7H6Cl2OS. The van der Waals surface area contributed by atoms with Crippen LogP contribution >= 0.6 is 34.5 Å². The van der Waals surface area contributed by atoms with Crippen molar-refractivity contribution < 1.29 is 4.79 Å². The van der Waals surface area contributed by atoms with Crippen molar-refractivity contribution in [3.63, 3.8) is 0 Å². The molecule has 0 aliphatic carbocycles. The smallest absolute Gasteiger partial charge is 0.171 e. The summed E-state index contributed by atoms with van der Waals surface area (Å²) >= 11 is 12.9. The van der Waals surface area contributed by atoms with Crippen LogP contribution < -0.4 is 0 Å². The van der Waals surface area contributed by atoms with E-state index in [-0.39, 0.29) is 5.78 Å². The van der Waals surface area contributed by atoms with Crippen molar-refractivity contribution in [3.8, 4) is 0 Å². The number of hydrogen-bond donors (Lipinski definition) is 0. The monoisotopic (exact) mass is 208 g/mol. The van der Waals surface area contributed by atoms with E-state index in [1.54, 1.807) is 0 Å². The van der Waals surface area contributed by atoms with E-state index in [4.69, 9.17) is 23.2 Å². The third kappa shape index (κ3) is 1.58. The van der Waals surface area contributed by atoms with Crippen LogP contribution in [0.1, 0.15) is 21.5 Å². The van der Waals surface area contributed by atoms with Gasteiger partial charge in [-0.25, -0.2) is 0 Å². The molecule has 11 heavy (non-hydrogen) atoms. The fraction of sp³-hybridized carbons (Fsp3) is 0.286. The number of aryl methyl sites for hydroxylation is 1. The van der Waals surface area contributed by atoms with Gasteiger partial charge in [0.2, 0.25) is 0 Å². The van der Waals surface area contributed by atoms with Crippen molar-refractivity contribution in [1.29, 1.82) is 0 Å². The van der Waals surface area contributed by atoms with Crippen LogP contribution in [0.2, 0.25) is 10.0 Å². The summed E-state index contributed by atoms with van der Waals surface area (Å²) in [4.78, 5) is 12.3. The molecule has 0 aliphatic rings. The molecule has 0 saturated heterocycles. The largest absolute Gasteiger partial charge is 0.294 e. The highest BCUT2D eigenvalue weighted by atomic mass is 35.5. The zero-order chi connectivity index (χ0) is 8.59. The SMILES string of the molecule is CC(=O)c1sc(C)c(Cl)c1Cl. The molecule has 0 fully saturated rings. The summed E-state index contributed by atoms with van der Waals surface area (Å²) in [5, 5.41) is 0.892. The van der Waals surface area contributed by atoms with Crippen LogP contribution in [-0.4, -0.2) is 5.78 Å². The van der Waals surface area contributed by atoms with E-state index in [9.17, 15) is 4.79 Å². The van der Waals surface area contributed by atoms with E-state index in [0.717, 1.165) is 4.88 Å². The lowest BCUT2D eigenvalue weighted by Gasteiger charge is -1.87. The first-order valence-electron chi connectivity index (χ1n) is 2.99. The van der Waals surface area contributed by atoms with Gasteiger partial charge in [-0.05, 0) is 6.92 Å². The molecule has 1 aromatic rings. The molecular weight excluding hydrogens is 203 g/mol. The number of halogens is 2. The van der Waals surface area contributed by atoms with Gasteiger partial charge in [0.15, 0.2) is 5.78 Å². The van der Waals surface area contributed by atoms with Gasteiger partial charge in [0, 0.05) is 11.8 Å². The Morgan fingerprint density at radius 3 is 2.09 bits per heavy atom. The van der Waals surface area contributed by atoms with E-state index in [1.165, 1.54) is 18.3 Å². The number of carbonyl (C=O) groups is 1. The first-order valence-corrected chi connectivity index (χ1v) is 4.56. The quantitative estimate of drug-likeness (QED) is 0.646. The van der Waals surface area contributed by atoms with Crippen molar-refractivity contribution >= 4 is 40.3 Å². The molecule has 0 aliphatic heterocycles. The predicted octanol–water partition coefficient (Wildman–Crippen LogP) is 3.57. The Balaban J connectivity index is 3.29. The predicted molar refractivity (Wildman–Crippen MR) is 49.1 cm³/mol. The lowest BCUT2D eigenvalue weighted by Crippen LogP contribution is -1.85. The lowest BCUT2D eigenvalue weighted by molar-refractivity contribution is 0.102. The van der Waals surface area contributed by atoms with Gasteiger partial charge < -0.3 is 0 Å². The molecule has 0 aromatic carbocycles. The van der Waals surface area contributed by atoms with Gasteiger partial charge in [0.1, 0.15) is 0 Å². The van der Waals surface area contributed by atoms with E-state index < -0.39 is 0 Å². The third-order valence-corrected chi connectivity index (χ3v) is 3.65. The Morgan fingerprint density at radius 2 is 1.91 bits per heavy atom. The summed E-state index contributed by atoms with van der Waals surface area (Å²) in [7, 11) is 0. The molecule has 4 heteroatoms. The van der Waals surface area contributed by atoms with Crippen molar-refractivity contribution in [2.75, 3.05) is 0 Å². The molecule has 0 bridgehead atoms. The Kier molecular flexibility index (Phi) is 2.58. The topological polar surface area (TPSA) is 17.1 Å². The van der Waals surface area contributed by atoms with Crippen LogP contribution in [0.3, 0.4) is 0 Å². The molecule has 1 rings (SSSR count). The summed E-state index contributed by atoms with van der Waals surface area (Å²) in [5.74, 6) is -0.0324. The summed E-state index contributed by atoms with van der Waals surface area (Å²) in [6.07, 6.45) is 0. The third-order valence-electron chi connectivity index (χ3n) is 1.28. The van der Waals surface area contributed by atoms with Crippen LogP contribution in [0.25, 0.3) is 0 Å². The minimum atomic E-state index is -0.0324. The van der Waals surface area contributed by atoms with Crippen LogP contribution in [0.4, 0.5) is 0 Å². The summed E-state index contributed by atoms with van der Waals surface area (Å²) < 4.78 is 0. The standard InChI is InChI=1S/C7H6Cl2OS/c1-3(10)7-6(9)5(8)4(2)11-7/h1-2H3. The first kappa shape index (κ1) is 9.04. The normalized spacial score (nSPS) is 10.2. The second-order valence-corrected chi connectivity index (χ2v) is 4.15. The van der Waals surface area contributed by atoms with Crippen molar-refractivity contribution in [2.24, 2.45) is 0 Å². The first-order chi connectivity index (χ1) is 5.04. The maximum absolute atomic E-state index is 10.9. The van der Waals surface area contributed by atoms with Gasteiger partial charge in [0.05, 0.1) is 14.9 Å². The Bertz CT molecular complexity index is 304. The molecule has 1 aromatic heterocycles. The van der Waals surface area contributed by atoms with Crippen LogP contribution in [0.15, 0.2) is 0 Å². The Labute approximate surface area is 78.9 Å². The average Bonchev–Trinajstić information content (AvgIpc) is 2.17. The number of Topliss-reactive ketones (excluding diaryl/α,β-unsaturated/α-hetero) is 1. The molecule has 0 radical (unpaired) electrons. The highest BCUT2D eigenvalue weighted by molar-refractivity contribution is 7.15. The number of carbonyl (C=O) groups excluding carboxylic acids is 1. The van der Waals surface area contributed by atoms with Crippen LogP contribution in [-0.2, 0) is 0 Å². The molecule has 0 unspecified atom stereocenters. The van der Waals surface area contributed by atoms with E-state index in [0.29, 0.717) is 14.9 Å². The molecule has 1 heterocycles. The minimum absolute atomic E-state index is 0.0324. The van der Waals surface area contributed by atoms with Gasteiger partial charge in [-0.1, -0.05) is 23.2 Å². The van der Waals surface area contributed by atoms with Gasteiger partial charge >= 0.3 is 0 Å². The number of hydrogen-bond acceptors (Lipinski definition) is 2. The van der Waals surface area contributed by atoms with Crippen molar-refractivity contribution in [2.45, 2.75) is 13.8 Å². The van der Waals surface area contributed by atoms with Gasteiger partial charge in [-0.15, -0.1) is 11.3 Å².